The summed E-state index contributed by atoms with van der Waals surface area (Å²) in [6.07, 6.45) is 1.90. The van der Waals surface area contributed by atoms with E-state index < -0.39 is 0 Å². The number of hydrogen-bond acceptors (Lipinski definition) is 4. The van der Waals surface area contributed by atoms with Crippen LogP contribution in [0.15, 0.2) is 47.5 Å². The predicted octanol–water partition coefficient (Wildman–Crippen LogP) is 4.15. The van der Waals surface area contributed by atoms with Crippen LogP contribution >= 0.6 is 24.0 Å². The van der Waals surface area contributed by atoms with Crippen molar-refractivity contribution in [3.63, 3.8) is 0 Å². The van der Waals surface area contributed by atoms with E-state index in [0.717, 1.165) is 35.8 Å². The molecule has 6 nitrogen and oxygen atoms in total. The summed E-state index contributed by atoms with van der Waals surface area (Å²) in [5.74, 6) is 3.25. The van der Waals surface area contributed by atoms with Crippen molar-refractivity contribution >= 4 is 35.6 Å². The molecule has 3 N–H and O–H groups in total. The van der Waals surface area contributed by atoms with E-state index in [-0.39, 0.29) is 30.0 Å². The standard InChI is InChI=1S/C21H25N3O3.HI/c1-2-25-16-7-4-14(5-8-16)17-13-18(17)24-21(22)23-15-6-9-19-20(12-15)27-11-3-10-26-19;/h4-9,12,17-18H,2-3,10-11,13H2,1H3,(H3,22,23,24);1H/t17-,18+;/m0./s1. The van der Waals surface area contributed by atoms with Crippen molar-refractivity contribution in [2.45, 2.75) is 31.7 Å². The van der Waals surface area contributed by atoms with Crippen LogP contribution < -0.4 is 25.3 Å². The molecule has 150 valence electrons. The van der Waals surface area contributed by atoms with Crippen molar-refractivity contribution in [2.75, 3.05) is 25.1 Å². The molecule has 0 bridgehead atoms. The summed E-state index contributed by atoms with van der Waals surface area (Å²) in [6.45, 7) is 4.00. The molecule has 0 unspecified atom stereocenters. The third-order valence-corrected chi connectivity index (χ3v) is 4.70. The van der Waals surface area contributed by atoms with Crippen molar-refractivity contribution in [3.05, 3.63) is 48.0 Å². The van der Waals surface area contributed by atoms with Gasteiger partial charge in [-0.05, 0) is 43.2 Å². The fourth-order valence-corrected chi connectivity index (χ4v) is 3.26. The van der Waals surface area contributed by atoms with Gasteiger partial charge < -0.3 is 25.3 Å². The van der Waals surface area contributed by atoms with Gasteiger partial charge >= 0.3 is 0 Å². The molecule has 1 saturated carbocycles. The number of anilines is 1. The topological polar surface area (TPSA) is 78.1 Å². The maximum absolute atomic E-state index is 6.10. The molecule has 2 aliphatic rings. The van der Waals surface area contributed by atoms with Gasteiger partial charge in [-0.2, -0.15) is 0 Å². The Balaban J connectivity index is 0.00000225. The fraction of sp³-hybridized carbons (Fsp3) is 0.381. The van der Waals surface area contributed by atoms with E-state index >= 15 is 0 Å². The average molecular weight is 495 g/mol. The Morgan fingerprint density at radius 1 is 1.14 bits per heavy atom. The molecule has 1 aliphatic heterocycles. The zero-order chi connectivity index (χ0) is 18.6. The summed E-state index contributed by atoms with van der Waals surface area (Å²) in [6, 6.07) is 14.2. The Hall–Kier alpha value is -2.16. The molecule has 2 aromatic rings. The number of fused-ring (bicyclic) bond motifs is 1. The summed E-state index contributed by atoms with van der Waals surface area (Å²) in [4.78, 5) is 4.61. The summed E-state index contributed by atoms with van der Waals surface area (Å²) in [7, 11) is 0. The van der Waals surface area contributed by atoms with Gasteiger partial charge in [-0.1, -0.05) is 12.1 Å². The number of hydrogen-bond donors (Lipinski definition) is 2. The van der Waals surface area contributed by atoms with Crippen LogP contribution in [0.3, 0.4) is 0 Å². The minimum Gasteiger partial charge on any atom is -0.494 e. The van der Waals surface area contributed by atoms with Gasteiger partial charge in [0.15, 0.2) is 17.5 Å². The maximum Gasteiger partial charge on any atom is 0.193 e. The van der Waals surface area contributed by atoms with E-state index in [4.69, 9.17) is 19.9 Å². The highest BCUT2D eigenvalue weighted by molar-refractivity contribution is 14.0. The smallest absolute Gasteiger partial charge is 0.193 e. The van der Waals surface area contributed by atoms with Gasteiger partial charge in [-0.25, -0.2) is 4.99 Å². The molecule has 0 amide bonds. The summed E-state index contributed by atoms with van der Waals surface area (Å²) in [5, 5.41) is 3.15. The molecule has 28 heavy (non-hydrogen) atoms. The molecule has 0 spiro atoms. The summed E-state index contributed by atoms with van der Waals surface area (Å²) < 4.78 is 16.8. The molecule has 1 heterocycles. The lowest BCUT2D eigenvalue weighted by Crippen LogP contribution is -2.23. The molecule has 2 atom stereocenters. The van der Waals surface area contributed by atoms with Crippen molar-refractivity contribution in [2.24, 2.45) is 10.7 Å². The highest BCUT2D eigenvalue weighted by Gasteiger charge is 2.38. The third-order valence-electron chi connectivity index (χ3n) is 4.70. The number of nitrogens with zero attached hydrogens (tertiary/aromatic N) is 1. The predicted molar refractivity (Wildman–Crippen MR) is 121 cm³/mol. The molecule has 0 aromatic heterocycles. The van der Waals surface area contributed by atoms with Gasteiger partial charge in [0.25, 0.3) is 0 Å². The van der Waals surface area contributed by atoms with E-state index in [1.807, 2.05) is 37.3 Å². The zero-order valence-electron chi connectivity index (χ0n) is 15.9. The van der Waals surface area contributed by atoms with Crippen LogP contribution in [0.4, 0.5) is 5.69 Å². The first kappa shape index (κ1) is 20.6. The van der Waals surface area contributed by atoms with E-state index in [2.05, 4.69) is 22.4 Å². The molecule has 7 heteroatoms. The lowest BCUT2D eigenvalue weighted by atomic mass is 10.1. The van der Waals surface area contributed by atoms with Crippen LogP contribution in [0, 0.1) is 0 Å². The fourth-order valence-electron chi connectivity index (χ4n) is 3.26. The van der Waals surface area contributed by atoms with Gasteiger partial charge in [0.2, 0.25) is 0 Å². The van der Waals surface area contributed by atoms with Crippen LogP contribution in [0.2, 0.25) is 0 Å². The second kappa shape index (κ2) is 9.36. The number of halogens is 1. The number of nitrogens with one attached hydrogen (secondary N) is 1. The lowest BCUT2D eigenvalue weighted by molar-refractivity contribution is 0.297. The molecular weight excluding hydrogens is 469 g/mol. The maximum atomic E-state index is 6.10. The van der Waals surface area contributed by atoms with Crippen LogP contribution in [-0.2, 0) is 0 Å². The van der Waals surface area contributed by atoms with Crippen LogP contribution in [0.25, 0.3) is 0 Å². The van der Waals surface area contributed by atoms with Crippen LogP contribution in [-0.4, -0.2) is 31.8 Å². The second-order valence-electron chi connectivity index (χ2n) is 6.76. The largest absolute Gasteiger partial charge is 0.494 e. The molecular formula is C21H26IN3O3. The Morgan fingerprint density at radius 2 is 1.89 bits per heavy atom. The zero-order valence-corrected chi connectivity index (χ0v) is 18.2. The monoisotopic (exact) mass is 495 g/mol. The quantitative estimate of drug-likeness (QED) is 0.370. The van der Waals surface area contributed by atoms with Crippen molar-refractivity contribution < 1.29 is 14.2 Å². The van der Waals surface area contributed by atoms with E-state index in [1.54, 1.807) is 0 Å². The number of benzene rings is 2. The van der Waals surface area contributed by atoms with Crippen LogP contribution in [0.5, 0.6) is 17.2 Å². The molecule has 1 aliphatic carbocycles. The highest BCUT2D eigenvalue weighted by atomic mass is 127. The minimum atomic E-state index is 0. The first-order valence-electron chi connectivity index (χ1n) is 9.45. The Bertz CT molecular complexity index is 826. The van der Waals surface area contributed by atoms with Gasteiger partial charge in [-0.3, -0.25) is 0 Å². The van der Waals surface area contributed by atoms with Crippen molar-refractivity contribution in [1.29, 1.82) is 0 Å². The molecule has 0 radical (unpaired) electrons. The van der Waals surface area contributed by atoms with Gasteiger partial charge in [-0.15, -0.1) is 24.0 Å². The molecule has 0 saturated heterocycles. The van der Waals surface area contributed by atoms with Crippen LogP contribution in [0.1, 0.15) is 31.2 Å². The van der Waals surface area contributed by atoms with Gasteiger partial charge in [0.1, 0.15) is 5.75 Å². The Labute approximate surface area is 182 Å². The first-order chi connectivity index (χ1) is 13.2. The normalized spacial score (nSPS) is 20.5. The van der Waals surface area contributed by atoms with Gasteiger partial charge in [0.05, 0.1) is 25.9 Å². The summed E-state index contributed by atoms with van der Waals surface area (Å²) >= 11 is 0. The molecule has 1 fully saturated rings. The Kier molecular flexibility index (Phi) is 6.88. The average Bonchev–Trinajstić information content (AvgIpc) is 3.45. The van der Waals surface area contributed by atoms with Gasteiger partial charge in [0, 0.05) is 24.1 Å². The first-order valence-corrected chi connectivity index (χ1v) is 9.45. The number of rotatable bonds is 5. The summed E-state index contributed by atoms with van der Waals surface area (Å²) in [5.41, 5.74) is 8.22. The Morgan fingerprint density at radius 3 is 2.64 bits per heavy atom. The number of ether oxygens (including phenoxy) is 3. The van der Waals surface area contributed by atoms with E-state index in [9.17, 15) is 0 Å². The molecule has 2 aromatic carbocycles. The molecule has 4 rings (SSSR count). The number of aliphatic imine (C=N–C) groups is 1. The van der Waals surface area contributed by atoms with E-state index in [0.29, 0.717) is 31.7 Å². The van der Waals surface area contributed by atoms with Crippen molar-refractivity contribution in [3.8, 4) is 17.2 Å². The third kappa shape index (κ3) is 5.01. The minimum absolute atomic E-state index is 0. The number of nitrogens with two attached hydrogens (primary N) is 1. The second-order valence-corrected chi connectivity index (χ2v) is 6.76. The highest BCUT2D eigenvalue weighted by Crippen LogP contribution is 2.44. The van der Waals surface area contributed by atoms with E-state index in [1.165, 1.54) is 5.56 Å². The lowest BCUT2D eigenvalue weighted by Gasteiger charge is -2.10. The number of guanidine groups is 1. The van der Waals surface area contributed by atoms with Crippen molar-refractivity contribution in [1.82, 2.24) is 0 Å². The SMILES string of the molecule is CCOc1ccc([C@@H]2C[C@H]2N=C(N)Nc2ccc3c(c2)OCCCO3)cc1.I.